The number of pyridine rings is 1. The molecule has 10 nitrogen and oxygen atoms in total. The van der Waals surface area contributed by atoms with Gasteiger partial charge in [0.05, 0.1) is 6.26 Å². The van der Waals surface area contributed by atoms with E-state index in [1.165, 1.54) is 5.56 Å². The first-order valence-corrected chi connectivity index (χ1v) is 12.8. The normalized spacial score (nSPS) is 15.9. The summed E-state index contributed by atoms with van der Waals surface area (Å²) in [7, 11) is -3.67. The Balaban J connectivity index is 0.000000499. The molecule has 5 rings (SSSR count). The zero-order valence-corrected chi connectivity index (χ0v) is 19.9. The van der Waals surface area contributed by atoms with Crippen LogP contribution < -0.4 is 10.2 Å². The second-order valence-electron chi connectivity index (χ2n) is 8.50. The van der Waals surface area contributed by atoms with E-state index in [0.717, 1.165) is 42.1 Å². The van der Waals surface area contributed by atoms with Gasteiger partial charge in [-0.05, 0) is 54.8 Å². The predicted molar refractivity (Wildman–Crippen MR) is 129 cm³/mol. The van der Waals surface area contributed by atoms with E-state index in [1.807, 2.05) is 46.7 Å². The van der Waals surface area contributed by atoms with Crippen LogP contribution in [0.25, 0.3) is 5.65 Å². The Labute approximate surface area is 197 Å². The SMILES string of the molecule is CS(=O)(=O)O.Cc1ccn2cc(C(=O)N3CCN(c4ccc5c(c4)CCC(=O)N5)CC3)nc2c1. The quantitative estimate of drug-likeness (QED) is 0.532. The Morgan fingerprint density at radius 3 is 2.50 bits per heavy atom. The summed E-state index contributed by atoms with van der Waals surface area (Å²) in [5.74, 6) is 0.0682. The van der Waals surface area contributed by atoms with Gasteiger partial charge < -0.3 is 19.5 Å². The highest BCUT2D eigenvalue weighted by Gasteiger charge is 2.25. The van der Waals surface area contributed by atoms with E-state index >= 15 is 0 Å². The molecule has 2 aromatic heterocycles. The number of nitrogens with one attached hydrogen (secondary N) is 1. The highest BCUT2D eigenvalue weighted by atomic mass is 32.2. The van der Waals surface area contributed by atoms with Gasteiger partial charge in [-0.15, -0.1) is 0 Å². The maximum atomic E-state index is 12.9. The van der Waals surface area contributed by atoms with Gasteiger partial charge in [-0.3, -0.25) is 14.1 Å². The number of nitrogens with zero attached hydrogens (tertiary/aromatic N) is 4. The molecule has 0 spiro atoms. The highest BCUT2D eigenvalue weighted by molar-refractivity contribution is 7.85. The fourth-order valence-corrected chi connectivity index (χ4v) is 4.08. The van der Waals surface area contributed by atoms with Crippen LogP contribution in [0.5, 0.6) is 0 Å². The maximum absolute atomic E-state index is 12.9. The number of carbonyl (C=O) groups excluding carboxylic acids is 2. The summed E-state index contributed by atoms with van der Waals surface area (Å²) in [5.41, 5.74) is 5.67. The number of rotatable bonds is 2. The molecule has 2 aliphatic rings. The maximum Gasteiger partial charge on any atom is 0.274 e. The number of carbonyl (C=O) groups is 2. The van der Waals surface area contributed by atoms with E-state index in [-0.39, 0.29) is 11.8 Å². The number of anilines is 2. The molecule has 0 aliphatic carbocycles. The van der Waals surface area contributed by atoms with Crippen molar-refractivity contribution in [1.29, 1.82) is 0 Å². The van der Waals surface area contributed by atoms with Crippen LogP contribution in [0.2, 0.25) is 0 Å². The number of imidazole rings is 1. The van der Waals surface area contributed by atoms with E-state index in [2.05, 4.69) is 21.3 Å². The Bertz CT molecular complexity index is 1340. The van der Waals surface area contributed by atoms with E-state index in [1.54, 1.807) is 6.20 Å². The summed E-state index contributed by atoms with van der Waals surface area (Å²) in [5, 5.41) is 2.93. The van der Waals surface area contributed by atoms with Crippen molar-refractivity contribution in [2.75, 3.05) is 42.7 Å². The second kappa shape index (κ2) is 9.43. The number of aromatic nitrogens is 2. The van der Waals surface area contributed by atoms with Gasteiger partial charge in [-0.25, -0.2) is 4.98 Å². The lowest BCUT2D eigenvalue weighted by atomic mass is 10.0. The Morgan fingerprint density at radius 2 is 1.79 bits per heavy atom. The molecule has 180 valence electrons. The van der Waals surface area contributed by atoms with Crippen molar-refractivity contribution in [3.05, 3.63) is 59.5 Å². The van der Waals surface area contributed by atoms with Crippen LogP contribution in [-0.4, -0.2) is 71.5 Å². The van der Waals surface area contributed by atoms with Gasteiger partial charge in [0.1, 0.15) is 11.3 Å². The van der Waals surface area contributed by atoms with Crippen LogP contribution in [-0.2, 0) is 21.3 Å². The van der Waals surface area contributed by atoms with Crippen LogP contribution >= 0.6 is 0 Å². The van der Waals surface area contributed by atoms with Crippen LogP contribution in [0.3, 0.4) is 0 Å². The van der Waals surface area contributed by atoms with E-state index < -0.39 is 10.1 Å². The Hall–Kier alpha value is -3.44. The predicted octanol–water partition coefficient (Wildman–Crippen LogP) is 1.99. The van der Waals surface area contributed by atoms with Gasteiger partial charge in [0.15, 0.2) is 0 Å². The number of fused-ring (bicyclic) bond motifs is 2. The van der Waals surface area contributed by atoms with Crippen LogP contribution in [0, 0.1) is 6.92 Å². The van der Waals surface area contributed by atoms with Gasteiger partial charge in [-0.1, -0.05) is 0 Å². The molecule has 1 saturated heterocycles. The topological polar surface area (TPSA) is 124 Å². The van der Waals surface area contributed by atoms with Crippen LogP contribution in [0.1, 0.15) is 28.0 Å². The number of hydrogen-bond acceptors (Lipinski definition) is 6. The molecule has 1 fully saturated rings. The third kappa shape index (κ3) is 5.72. The summed E-state index contributed by atoms with van der Waals surface area (Å²) in [6.45, 7) is 4.91. The summed E-state index contributed by atoms with van der Waals surface area (Å²) in [6, 6.07) is 10.2. The minimum Gasteiger partial charge on any atom is -0.368 e. The molecule has 0 radical (unpaired) electrons. The molecule has 0 saturated carbocycles. The minimum absolute atomic E-state index is 0.0147. The van der Waals surface area contributed by atoms with Gasteiger partial charge >= 0.3 is 0 Å². The fraction of sp³-hybridized carbons (Fsp3) is 0.348. The standard InChI is InChI=1S/C22H23N5O2.CH4O3S/c1-15-6-7-27-14-19(23-20(27)12-15)22(29)26-10-8-25(9-11-26)17-3-4-18-16(13-17)2-5-21(28)24-18;1-5(2,3)4/h3-4,6-7,12-14H,2,5,8-11H2,1H3,(H,24,28);1H3,(H,2,3,4). The van der Waals surface area contributed by atoms with E-state index in [9.17, 15) is 18.0 Å². The lowest BCUT2D eigenvalue weighted by molar-refractivity contribution is -0.116. The lowest BCUT2D eigenvalue weighted by Gasteiger charge is -2.36. The molecule has 3 aromatic rings. The molecule has 2 amide bonds. The minimum atomic E-state index is -3.67. The van der Waals surface area contributed by atoms with Crippen LogP contribution in [0.4, 0.5) is 11.4 Å². The zero-order valence-electron chi connectivity index (χ0n) is 19.1. The summed E-state index contributed by atoms with van der Waals surface area (Å²) >= 11 is 0. The van der Waals surface area contributed by atoms with Crippen molar-refractivity contribution >= 4 is 39.0 Å². The van der Waals surface area contributed by atoms with Crippen molar-refractivity contribution in [3.8, 4) is 0 Å². The largest absolute Gasteiger partial charge is 0.368 e. The highest BCUT2D eigenvalue weighted by Crippen LogP contribution is 2.28. The molecule has 34 heavy (non-hydrogen) atoms. The lowest BCUT2D eigenvalue weighted by Crippen LogP contribution is -2.49. The van der Waals surface area contributed by atoms with Gasteiger partial charge in [0.2, 0.25) is 5.91 Å². The Morgan fingerprint density at radius 1 is 1.09 bits per heavy atom. The van der Waals surface area contributed by atoms with Crippen molar-refractivity contribution < 1.29 is 22.6 Å². The second-order valence-corrected chi connectivity index (χ2v) is 9.96. The molecular weight excluding hydrogens is 458 g/mol. The number of benzene rings is 1. The van der Waals surface area contributed by atoms with E-state index in [0.29, 0.717) is 31.5 Å². The molecule has 0 unspecified atom stereocenters. The number of amides is 2. The zero-order chi connectivity index (χ0) is 24.5. The first-order chi connectivity index (χ1) is 16.1. The van der Waals surface area contributed by atoms with Crippen molar-refractivity contribution in [1.82, 2.24) is 14.3 Å². The molecular formula is C23H27N5O5S. The first-order valence-electron chi connectivity index (χ1n) is 10.9. The molecule has 11 heteroatoms. The van der Waals surface area contributed by atoms with Crippen molar-refractivity contribution in [2.45, 2.75) is 19.8 Å². The number of hydrogen-bond donors (Lipinski definition) is 2. The van der Waals surface area contributed by atoms with Gasteiger partial charge in [0.25, 0.3) is 16.0 Å². The molecule has 1 aromatic carbocycles. The molecule has 0 bridgehead atoms. The van der Waals surface area contributed by atoms with Gasteiger partial charge in [0, 0.05) is 56.4 Å². The van der Waals surface area contributed by atoms with Gasteiger partial charge in [-0.2, -0.15) is 8.42 Å². The average molecular weight is 486 g/mol. The first kappa shape index (κ1) is 23.7. The summed E-state index contributed by atoms with van der Waals surface area (Å²) in [6.07, 6.45) is 5.78. The summed E-state index contributed by atoms with van der Waals surface area (Å²) < 4.78 is 27.8. The number of piperazine rings is 1. The third-order valence-corrected chi connectivity index (χ3v) is 5.75. The van der Waals surface area contributed by atoms with E-state index in [4.69, 9.17) is 4.55 Å². The van der Waals surface area contributed by atoms with Crippen LogP contribution in [0.15, 0.2) is 42.7 Å². The fourth-order valence-electron chi connectivity index (χ4n) is 4.08. The molecule has 2 N–H and O–H groups in total. The smallest absolute Gasteiger partial charge is 0.274 e. The van der Waals surface area contributed by atoms with Crippen molar-refractivity contribution in [2.24, 2.45) is 0 Å². The number of aryl methyl sites for hydroxylation is 2. The molecule has 0 atom stereocenters. The van der Waals surface area contributed by atoms with Crippen molar-refractivity contribution in [3.63, 3.8) is 0 Å². The monoisotopic (exact) mass is 485 g/mol. The average Bonchev–Trinajstić information content (AvgIpc) is 3.20. The Kier molecular flexibility index (Phi) is 6.58. The summed E-state index contributed by atoms with van der Waals surface area (Å²) in [4.78, 5) is 33.1. The molecule has 2 aliphatic heterocycles. The molecule has 4 heterocycles. The third-order valence-electron chi connectivity index (χ3n) is 5.75.